The number of carbonyl (C=O) groups is 2. The lowest BCUT2D eigenvalue weighted by Crippen LogP contribution is -2.50. The molecule has 0 saturated heterocycles. The Balaban J connectivity index is 2.03. The van der Waals surface area contributed by atoms with Gasteiger partial charge in [0.2, 0.25) is 0 Å². The summed E-state index contributed by atoms with van der Waals surface area (Å²) >= 11 is 1.38. The van der Waals surface area contributed by atoms with E-state index in [1.807, 2.05) is 0 Å². The second-order valence-electron chi connectivity index (χ2n) is 5.25. The first-order valence-electron chi connectivity index (χ1n) is 7.41. The smallest absolute Gasteiger partial charge is 0.337 e. The predicted molar refractivity (Wildman–Crippen MR) is 88.7 cm³/mol. The number of rotatable bonds is 4. The van der Waals surface area contributed by atoms with Crippen molar-refractivity contribution in [3.63, 3.8) is 0 Å². The van der Waals surface area contributed by atoms with Gasteiger partial charge in [-0.3, -0.25) is 9.36 Å². The fourth-order valence-electron chi connectivity index (χ4n) is 2.58. The summed E-state index contributed by atoms with van der Waals surface area (Å²) < 4.78 is 6.42. The molecular formula is C15H16N4O4S. The predicted octanol–water partition coefficient (Wildman–Crippen LogP) is 0.976. The lowest BCUT2D eigenvalue weighted by atomic mass is 10.0. The molecule has 8 nitrogen and oxygen atoms in total. The number of hydrogen-bond acceptors (Lipinski definition) is 6. The third kappa shape index (κ3) is 2.90. The molecule has 0 spiro atoms. The number of hydrogen-bond donors (Lipinski definition) is 2. The Morgan fingerprint density at radius 2 is 2.25 bits per heavy atom. The number of urea groups is 1. The molecule has 9 heteroatoms. The average molecular weight is 348 g/mol. The third-order valence-electron chi connectivity index (χ3n) is 3.64. The van der Waals surface area contributed by atoms with Crippen molar-refractivity contribution in [1.82, 2.24) is 20.2 Å². The Labute approximate surface area is 141 Å². The van der Waals surface area contributed by atoms with E-state index in [-0.39, 0.29) is 18.7 Å². The van der Waals surface area contributed by atoms with Crippen LogP contribution < -0.4 is 16.2 Å². The van der Waals surface area contributed by atoms with Crippen LogP contribution in [0, 0.1) is 0 Å². The maximum atomic E-state index is 12.5. The van der Waals surface area contributed by atoms with E-state index in [9.17, 15) is 14.4 Å². The Bertz CT molecular complexity index is 898. The first kappa shape index (κ1) is 16.2. The SMILES string of the molecule is CCOC(=O)C1=C(Cn2cnc3sccc3c2=O)NC(=O)N[C@H]1C. The molecule has 0 bridgehead atoms. The quantitative estimate of drug-likeness (QED) is 0.802. The lowest BCUT2D eigenvalue weighted by Gasteiger charge is -2.26. The van der Waals surface area contributed by atoms with Crippen molar-refractivity contribution in [3.05, 3.63) is 39.4 Å². The normalized spacial score (nSPS) is 17.6. The molecule has 0 saturated carbocycles. The van der Waals surface area contributed by atoms with E-state index in [1.165, 1.54) is 22.2 Å². The summed E-state index contributed by atoms with van der Waals surface area (Å²) in [7, 11) is 0. The Kier molecular flexibility index (Phi) is 4.34. The summed E-state index contributed by atoms with van der Waals surface area (Å²) in [6.45, 7) is 3.65. The lowest BCUT2D eigenvalue weighted by molar-refractivity contribution is -0.139. The van der Waals surface area contributed by atoms with Gasteiger partial charge in [0.15, 0.2) is 0 Å². The van der Waals surface area contributed by atoms with Crippen LogP contribution in [-0.2, 0) is 16.1 Å². The van der Waals surface area contributed by atoms with Crippen molar-refractivity contribution >= 4 is 33.6 Å². The third-order valence-corrected chi connectivity index (χ3v) is 4.47. The summed E-state index contributed by atoms with van der Waals surface area (Å²) in [5.41, 5.74) is 0.411. The van der Waals surface area contributed by atoms with E-state index in [2.05, 4.69) is 15.6 Å². The van der Waals surface area contributed by atoms with Crippen LogP contribution in [0.2, 0.25) is 0 Å². The van der Waals surface area contributed by atoms with Crippen LogP contribution in [0.3, 0.4) is 0 Å². The van der Waals surface area contributed by atoms with Gasteiger partial charge in [-0.05, 0) is 25.3 Å². The van der Waals surface area contributed by atoms with Gasteiger partial charge in [-0.1, -0.05) is 0 Å². The number of thiophene rings is 1. The van der Waals surface area contributed by atoms with E-state index >= 15 is 0 Å². The van der Waals surface area contributed by atoms with Gasteiger partial charge in [0.25, 0.3) is 5.56 Å². The number of nitrogens with zero attached hydrogens (tertiary/aromatic N) is 2. The van der Waals surface area contributed by atoms with Crippen molar-refractivity contribution < 1.29 is 14.3 Å². The van der Waals surface area contributed by atoms with Crippen LogP contribution in [0.5, 0.6) is 0 Å². The minimum Gasteiger partial charge on any atom is -0.463 e. The fourth-order valence-corrected chi connectivity index (χ4v) is 3.30. The zero-order chi connectivity index (χ0) is 17.3. The molecule has 1 aliphatic rings. The van der Waals surface area contributed by atoms with Crippen LogP contribution in [0.1, 0.15) is 13.8 Å². The van der Waals surface area contributed by atoms with Gasteiger partial charge in [-0.2, -0.15) is 0 Å². The molecule has 2 N–H and O–H groups in total. The molecule has 2 aromatic heterocycles. The number of carbonyl (C=O) groups excluding carboxylic acids is 2. The molecule has 0 fully saturated rings. The monoisotopic (exact) mass is 348 g/mol. The Hall–Kier alpha value is -2.68. The second-order valence-corrected chi connectivity index (χ2v) is 6.14. The Morgan fingerprint density at radius 1 is 1.46 bits per heavy atom. The zero-order valence-electron chi connectivity index (χ0n) is 13.2. The molecule has 2 aromatic rings. The summed E-state index contributed by atoms with van der Waals surface area (Å²) in [5.74, 6) is -0.523. The molecule has 24 heavy (non-hydrogen) atoms. The number of allylic oxidation sites excluding steroid dienone is 1. The molecule has 1 aliphatic heterocycles. The number of ether oxygens (including phenoxy) is 1. The molecule has 3 heterocycles. The molecule has 126 valence electrons. The standard InChI is InChI=1S/C15H16N4O4S/c1-3-23-14(21)11-8(2)17-15(22)18-10(11)6-19-7-16-12-9(13(19)20)4-5-24-12/h4-5,7-8H,3,6H2,1-2H3,(H2,17,18,22)/t8-/m0/s1. The van der Waals surface area contributed by atoms with E-state index in [0.717, 1.165) is 0 Å². The van der Waals surface area contributed by atoms with E-state index in [4.69, 9.17) is 4.74 Å². The van der Waals surface area contributed by atoms with Crippen LogP contribution in [0.15, 0.2) is 33.8 Å². The molecule has 0 radical (unpaired) electrons. The highest BCUT2D eigenvalue weighted by Crippen LogP contribution is 2.17. The fraction of sp³-hybridized carbons (Fsp3) is 0.333. The number of fused-ring (bicyclic) bond motifs is 1. The molecule has 0 aromatic carbocycles. The summed E-state index contributed by atoms with van der Waals surface area (Å²) in [5, 5.41) is 7.51. The van der Waals surface area contributed by atoms with Gasteiger partial charge < -0.3 is 15.4 Å². The molecule has 0 aliphatic carbocycles. The minimum absolute atomic E-state index is 0.0313. The van der Waals surface area contributed by atoms with Gasteiger partial charge in [0.1, 0.15) is 4.83 Å². The maximum Gasteiger partial charge on any atom is 0.337 e. The van der Waals surface area contributed by atoms with Crippen molar-refractivity contribution in [1.29, 1.82) is 0 Å². The number of aromatic nitrogens is 2. The summed E-state index contributed by atoms with van der Waals surface area (Å²) in [6.07, 6.45) is 1.41. The second kappa shape index (κ2) is 6.44. The molecule has 0 unspecified atom stereocenters. The van der Waals surface area contributed by atoms with Crippen LogP contribution in [0.4, 0.5) is 4.79 Å². The topological polar surface area (TPSA) is 102 Å². The van der Waals surface area contributed by atoms with Gasteiger partial charge in [0.05, 0.1) is 42.2 Å². The maximum absolute atomic E-state index is 12.5. The number of esters is 1. The molecule has 1 atom stereocenters. The van der Waals surface area contributed by atoms with Gasteiger partial charge >= 0.3 is 12.0 Å². The first-order valence-corrected chi connectivity index (χ1v) is 8.29. The zero-order valence-corrected chi connectivity index (χ0v) is 14.0. The molecular weight excluding hydrogens is 332 g/mol. The largest absolute Gasteiger partial charge is 0.463 e. The van der Waals surface area contributed by atoms with E-state index in [0.29, 0.717) is 21.5 Å². The minimum atomic E-state index is -0.523. The van der Waals surface area contributed by atoms with E-state index < -0.39 is 18.0 Å². The van der Waals surface area contributed by atoms with Crippen molar-refractivity contribution in [3.8, 4) is 0 Å². The summed E-state index contributed by atoms with van der Waals surface area (Å²) in [6, 6.07) is 0.764. The Morgan fingerprint density at radius 3 is 3.00 bits per heavy atom. The van der Waals surface area contributed by atoms with Crippen LogP contribution in [0.25, 0.3) is 10.2 Å². The van der Waals surface area contributed by atoms with Gasteiger partial charge in [-0.15, -0.1) is 11.3 Å². The van der Waals surface area contributed by atoms with Gasteiger partial charge in [0, 0.05) is 0 Å². The van der Waals surface area contributed by atoms with Crippen molar-refractivity contribution in [2.75, 3.05) is 6.61 Å². The number of nitrogens with one attached hydrogen (secondary N) is 2. The molecule has 3 rings (SSSR count). The highest BCUT2D eigenvalue weighted by atomic mass is 32.1. The highest BCUT2D eigenvalue weighted by Gasteiger charge is 2.30. The van der Waals surface area contributed by atoms with Crippen molar-refractivity contribution in [2.45, 2.75) is 26.4 Å². The summed E-state index contributed by atoms with van der Waals surface area (Å²) in [4.78, 5) is 41.3. The van der Waals surface area contributed by atoms with Crippen LogP contribution >= 0.6 is 11.3 Å². The highest BCUT2D eigenvalue weighted by molar-refractivity contribution is 7.16. The average Bonchev–Trinajstić information content (AvgIpc) is 2.99. The number of amides is 2. The van der Waals surface area contributed by atoms with Crippen molar-refractivity contribution in [2.24, 2.45) is 0 Å². The molecule has 2 amide bonds. The van der Waals surface area contributed by atoms with Crippen LogP contribution in [-0.4, -0.2) is 34.2 Å². The first-order chi connectivity index (χ1) is 11.5. The van der Waals surface area contributed by atoms with E-state index in [1.54, 1.807) is 25.3 Å². The van der Waals surface area contributed by atoms with Gasteiger partial charge in [-0.25, -0.2) is 14.6 Å².